The molecule has 102 valence electrons. The van der Waals surface area contributed by atoms with Crippen molar-refractivity contribution in [3.63, 3.8) is 0 Å². The van der Waals surface area contributed by atoms with Crippen LogP contribution in [0.2, 0.25) is 0 Å². The molecule has 5 nitrogen and oxygen atoms in total. The molecule has 0 saturated carbocycles. The highest BCUT2D eigenvalue weighted by Gasteiger charge is 2.20. The molecule has 1 N–H and O–H groups in total. The van der Waals surface area contributed by atoms with Crippen LogP contribution in [0.4, 0.5) is 0 Å². The molecular weight excluding hydrogens is 280 g/mol. The Morgan fingerprint density at radius 1 is 1.47 bits per heavy atom. The molecule has 7 heteroatoms. The van der Waals surface area contributed by atoms with Crippen LogP contribution < -0.4 is 5.32 Å². The van der Waals surface area contributed by atoms with Gasteiger partial charge in [-0.2, -0.15) is 0 Å². The molecule has 2 aromatic rings. The summed E-state index contributed by atoms with van der Waals surface area (Å²) in [5.74, 6) is -0.0968. The van der Waals surface area contributed by atoms with E-state index in [1.807, 2.05) is 12.3 Å². The first-order valence-electron chi connectivity index (χ1n) is 6.27. The van der Waals surface area contributed by atoms with Crippen molar-refractivity contribution < 1.29 is 4.79 Å². The van der Waals surface area contributed by atoms with Gasteiger partial charge in [0.05, 0.1) is 11.7 Å². The predicted molar refractivity (Wildman–Crippen MR) is 76.5 cm³/mol. The lowest BCUT2D eigenvalue weighted by Gasteiger charge is -2.13. The van der Waals surface area contributed by atoms with E-state index in [0.717, 1.165) is 41.5 Å². The predicted octanol–water partition coefficient (Wildman–Crippen LogP) is 2.83. The minimum absolute atomic E-state index is 0.0379. The van der Waals surface area contributed by atoms with E-state index < -0.39 is 0 Å². The van der Waals surface area contributed by atoms with Crippen molar-refractivity contribution >= 4 is 28.8 Å². The van der Waals surface area contributed by atoms with Gasteiger partial charge < -0.3 is 5.32 Å². The molecule has 0 aromatic carbocycles. The lowest BCUT2D eigenvalue weighted by atomic mass is 10.2. The third kappa shape index (κ3) is 3.36. The molecule has 0 spiro atoms. The zero-order valence-corrected chi connectivity index (χ0v) is 12.6. The highest BCUT2D eigenvalue weighted by atomic mass is 32.1. The summed E-state index contributed by atoms with van der Waals surface area (Å²) in [6.07, 6.45) is 4.31. The maximum absolute atomic E-state index is 12.3. The number of thiazole rings is 1. The second-order valence-electron chi connectivity index (χ2n) is 4.10. The van der Waals surface area contributed by atoms with E-state index in [1.165, 1.54) is 0 Å². The summed E-state index contributed by atoms with van der Waals surface area (Å²) in [7, 11) is 0. The molecule has 0 bridgehead atoms. The fourth-order valence-corrected chi connectivity index (χ4v) is 3.13. The van der Waals surface area contributed by atoms with Crippen molar-refractivity contribution in [2.24, 2.45) is 0 Å². The number of hydrogen-bond donors (Lipinski definition) is 1. The molecule has 0 fully saturated rings. The zero-order chi connectivity index (χ0) is 13.7. The maximum atomic E-state index is 12.3. The Kier molecular flexibility index (Phi) is 4.98. The fourth-order valence-electron chi connectivity index (χ4n) is 1.75. The lowest BCUT2D eigenvalue weighted by molar-refractivity contribution is 0.0938. The van der Waals surface area contributed by atoms with E-state index in [9.17, 15) is 4.79 Å². The number of carbonyl (C=O) groups is 1. The molecule has 0 radical (unpaired) electrons. The van der Waals surface area contributed by atoms with Crippen LogP contribution in [0.5, 0.6) is 0 Å². The third-order valence-corrected chi connectivity index (χ3v) is 4.37. The smallest absolute Gasteiger partial charge is 0.265 e. The first-order valence-corrected chi connectivity index (χ1v) is 7.93. The molecule has 1 amide bonds. The van der Waals surface area contributed by atoms with Crippen molar-refractivity contribution in [3.05, 3.63) is 27.2 Å². The molecule has 0 saturated heterocycles. The van der Waals surface area contributed by atoms with E-state index in [2.05, 4.69) is 26.8 Å². The Hall–Kier alpha value is -1.34. The van der Waals surface area contributed by atoms with Gasteiger partial charge in [-0.05, 0) is 24.4 Å². The van der Waals surface area contributed by atoms with E-state index in [0.29, 0.717) is 4.88 Å². The van der Waals surface area contributed by atoms with Crippen LogP contribution in [0.3, 0.4) is 0 Å². The van der Waals surface area contributed by atoms with Gasteiger partial charge in [0.1, 0.15) is 9.88 Å². The molecule has 2 heterocycles. The van der Waals surface area contributed by atoms with Crippen LogP contribution in [0.1, 0.15) is 53.1 Å². The second kappa shape index (κ2) is 6.72. The summed E-state index contributed by atoms with van der Waals surface area (Å²) < 4.78 is 3.88. The quantitative estimate of drug-likeness (QED) is 0.890. The molecule has 1 unspecified atom stereocenters. The van der Waals surface area contributed by atoms with Crippen LogP contribution in [0, 0.1) is 0 Å². The Balaban J connectivity index is 2.09. The van der Waals surface area contributed by atoms with Gasteiger partial charge in [-0.15, -0.1) is 16.4 Å². The van der Waals surface area contributed by atoms with Gasteiger partial charge in [-0.3, -0.25) is 4.79 Å². The van der Waals surface area contributed by atoms with Crippen LogP contribution in [0.15, 0.2) is 11.6 Å². The number of nitrogens with one attached hydrogen (secondary N) is 1. The molecule has 19 heavy (non-hydrogen) atoms. The van der Waals surface area contributed by atoms with Crippen molar-refractivity contribution in [1.29, 1.82) is 0 Å². The first kappa shape index (κ1) is 14.1. The summed E-state index contributed by atoms with van der Waals surface area (Å²) >= 11 is 2.71. The Bertz CT molecular complexity index is 524. The van der Waals surface area contributed by atoms with Gasteiger partial charge in [0.15, 0.2) is 0 Å². The minimum Gasteiger partial charge on any atom is -0.342 e. The Labute approximate surface area is 120 Å². The molecule has 2 aromatic heterocycles. The second-order valence-corrected chi connectivity index (χ2v) is 5.78. The minimum atomic E-state index is -0.0968. The Morgan fingerprint density at radius 2 is 2.32 bits per heavy atom. The van der Waals surface area contributed by atoms with Crippen LogP contribution in [-0.4, -0.2) is 20.5 Å². The standard InChI is InChI=1S/C12H16N4OS2/c1-3-5-9-10(19-16-15-9)11(17)14-8(4-2)12-13-6-7-18-12/h6-8H,3-5H2,1-2H3,(H,14,17). The number of aromatic nitrogens is 3. The van der Waals surface area contributed by atoms with Gasteiger partial charge in [0, 0.05) is 11.6 Å². The summed E-state index contributed by atoms with van der Waals surface area (Å²) in [5.41, 5.74) is 0.791. The monoisotopic (exact) mass is 296 g/mol. The number of rotatable bonds is 6. The highest BCUT2D eigenvalue weighted by Crippen LogP contribution is 2.20. The topological polar surface area (TPSA) is 67.8 Å². The molecule has 1 atom stereocenters. The zero-order valence-electron chi connectivity index (χ0n) is 10.9. The summed E-state index contributed by atoms with van der Waals surface area (Å²) in [5, 5.41) is 9.88. The molecule has 2 rings (SSSR count). The number of aryl methyl sites for hydroxylation is 1. The van der Waals surface area contributed by atoms with Gasteiger partial charge in [0.2, 0.25) is 0 Å². The fraction of sp³-hybridized carbons (Fsp3) is 0.500. The largest absolute Gasteiger partial charge is 0.342 e. The maximum Gasteiger partial charge on any atom is 0.265 e. The molecule has 0 aliphatic carbocycles. The molecule has 0 aliphatic rings. The summed E-state index contributed by atoms with van der Waals surface area (Å²) in [6.45, 7) is 4.09. The van der Waals surface area contributed by atoms with Crippen molar-refractivity contribution in [2.45, 2.75) is 39.2 Å². The number of hydrogen-bond acceptors (Lipinski definition) is 6. The summed E-state index contributed by atoms with van der Waals surface area (Å²) in [4.78, 5) is 17.1. The number of nitrogens with zero attached hydrogens (tertiary/aromatic N) is 3. The average Bonchev–Trinajstić information content (AvgIpc) is 3.06. The van der Waals surface area contributed by atoms with Gasteiger partial charge >= 0.3 is 0 Å². The van der Waals surface area contributed by atoms with Gasteiger partial charge in [-0.1, -0.05) is 24.8 Å². The van der Waals surface area contributed by atoms with E-state index in [-0.39, 0.29) is 11.9 Å². The van der Waals surface area contributed by atoms with Crippen molar-refractivity contribution in [2.75, 3.05) is 0 Å². The number of carbonyl (C=O) groups excluding carboxylic acids is 1. The van der Waals surface area contributed by atoms with E-state index >= 15 is 0 Å². The lowest BCUT2D eigenvalue weighted by Crippen LogP contribution is -2.28. The van der Waals surface area contributed by atoms with Crippen LogP contribution >= 0.6 is 22.9 Å². The first-order chi connectivity index (χ1) is 9.26. The van der Waals surface area contributed by atoms with E-state index in [1.54, 1.807) is 17.5 Å². The molecule has 0 aliphatic heterocycles. The Morgan fingerprint density at radius 3 is 2.95 bits per heavy atom. The van der Waals surface area contributed by atoms with Gasteiger partial charge in [-0.25, -0.2) is 4.98 Å². The molecular formula is C12H16N4OS2. The van der Waals surface area contributed by atoms with E-state index in [4.69, 9.17) is 0 Å². The van der Waals surface area contributed by atoms with Gasteiger partial charge in [0.25, 0.3) is 5.91 Å². The SMILES string of the molecule is CCCc1nnsc1C(=O)NC(CC)c1nccs1. The highest BCUT2D eigenvalue weighted by molar-refractivity contribution is 7.09. The van der Waals surface area contributed by atoms with Crippen molar-refractivity contribution in [1.82, 2.24) is 19.9 Å². The normalized spacial score (nSPS) is 12.3. The summed E-state index contributed by atoms with van der Waals surface area (Å²) in [6, 6.07) is -0.0379. The van der Waals surface area contributed by atoms with Crippen molar-refractivity contribution in [3.8, 4) is 0 Å². The third-order valence-electron chi connectivity index (χ3n) is 2.71. The number of amides is 1. The average molecular weight is 296 g/mol. The van der Waals surface area contributed by atoms with Crippen LogP contribution in [0.25, 0.3) is 0 Å². The van der Waals surface area contributed by atoms with Crippen LogP contribution in [-0.2, 0) is 6.42 Å².